The fourth-order valence-electron chi connectivity index (χ4n) is 1.51. The van der Waals surface area contributed by atoms with E-state index in [4.69, 9.17) is 4.74 Å². The van der Waals surface area contributed by atoms with Gasteiger partial charge in [-0.25, -0.2) is 0 Å². The zero-order valence-electron chi connectivity index (χ0n) is 9.66. The van der Waals surface area contributed by atoms with Crippen molar-refractivity contribution in [1.29, 1.82) is 0 Å². The Morgan fingerprint density at radius 1 is 1.20 bits per heavy atom. The maximum atomic E-state index is 5.06. The Hall–Kier alpha value is -1.34. The first-order valence-corrected chi connectivity index (χ1v) is 5.12. The summed E-state index contributed by atoms with van der Waals surface area (Å²) in [6.07, 6.45) is 4.32. The maximum absolute atomic E-state index is 5.06. The fourth-order valence-corrected chi connectivity index (χ4v) is 1.51. The number of hydrogen-bond acceptors (Lipinski definition) is 1. The second kappa shape index (κ2) is 6.20. The van der Waals surface area contributed by atoms with Crippen LogP contribution in [0, 0.1) is 0 Å². The average Bonchev–Trinajstić information content (AvgIpc) is 2.19. The lowest BCUT2D eigenvalue weighted by Crippen LogP contribution is -1.89. The van der Waals surface area contributed by atoms with E-state index in [9.17, 15) is 0 Å². The summed E-state index contributed by atoms with van der Waals surface area (Å²) in [5, 5.41) is 0. The van der Waals surface area contributed by atoms with Crippen molar-refractivity contribution in [2.45, 2.75) is 13.8 Å². The van der Waals surface area contributed by atoms with Gasteiger partial charge >= 0.3 is 0 Å². The van der Waals surface area contributed by atoms with Crippen LogP contribution in [0.15, 0.2) is 47.6 Å². The van der Waals surface area contributed by atoms with Crippen LogP contribution in [0.3, 0.4) is 0 Å². The Bertz CT molecular complexity index is 347. The first kappa shape index (κ1) is 11.7. The molecule has 15 heavy (non-hydrogen) atoms. The first-order chi connectivity index (χ1) is 7.22. The van der Waals surface area contributed by atoms with Crippen LogP contribution in [0.4, 0.5) is 0 Å². The highest BCUT2D eigenvalue weighted by atomic mass is 16.5. The monoisotopic (exact) mass is 202 g/mol. The van der Waals surface area contributed by atoms with Gasteiger partial charge in [-0.3, -0.25) is 0 Å². The molecule has 80 valence electrons. The van der Waals surface area contributed by atoms with Gasteiger partial charge in [0, 0.05) is 7.11 Å². The molecule has 0 unspecified atom stereocenters. The van der Waals surface area contributed by atoms with E-state index in [1.165, 1.54) is 16.7 Å². The molecule has 0 aliphatic rings. The number of benzene rings is 1. The average molecular weight is 202 g/mol. The van der Waals surface area contributed by atoms with Crippen molar-refractivity contribution in [3.63, 3.8) is 0 Å². The van der Waals surface area contributed by atoms with E-state index in [1.54, 1.807) is 7.11 Å². The van der Waals surface area contributed by atoms with E-state index in [2.05, 4.69) is 38.1 Å². The molecule has 0 amide bonds. The van der Waals surface area contributed by atoms with Gasteiger partial charge in [0.25, 0.3) is 0 Å². The zero-order valence-corrected chi connectivity index (χ0v) is 9.66. The highest BCUT2D eigenvalue weighted by Crippen LogP contribution is 2.09. The largest absolute Gasteiger partial charge is 0.380 e. The molecule has 0 atom stereocenters. The summed E-state index contributed by atoms with van der Waals surface area (Å²) >= 11 is 0. The van der Waals surface area contributed by atoms with Gasteiger partial charge in [-0.1, -0.05) is 48.1 Å². The van der Waals surface area contributed by atoms with Crippen LogP contribution in [0.25, 0.3) is 6.08 Å². The molecule has 0 aliphatic carbocycles. The molecule has 0 spiro atoms. The zero-order chi connectivity index (χ0) is 11.1. The van der Waals surface area contributed by atoms with Gasteiger partial charge in [0.05, 0.1) is 6.61 Å². The Balaban J connectivity index is 2.72. The van der Waals surface area contributed by atoms with Crippen LogP contribution in [-0.2, 0) is 4.74 Å². The molecule has 0 saturated heterocycles. The Morgan fingerprint density at radius 3 is 2.47 bits per heavy atom. The van der Waals surface area contributed by atoms with Crippen LogP contribution in [0.5, 0.6) is 0 Å². The molecule has 1 aromatic carbocycles. The summed E-state index contributed by atoms with van der Waals surface area (Å²) in [6, 6.07) is 10.3. The number of rotatable bonds is 4. The normalized spacial score (nSPS) is 13.0. The second-order valence-electron chi connectivity index (χ2n) is 3.72. The van der Waals surface area contributed by atoms with Crippen LogP contribution in [-0.4, -0.2) is 13.7 Å². The molecule has 0 bridgehead atoms. The SMILES string of the molecule is COC/C(C)=C/C(C)=C/c1ccccc1. The molecule has 0 fully saturated rings. The minimum Gasteiger partial charge on any atom is -0.380 e. The second-order valence-corrected chi connectivity index (χ2v) is 3.72. The van der Waals surface area contributed by atoms with E-state index in [1.807, 2.05) is 18.2 Å². The summed E-state index contributed by atoms with van der Waals surface area (Å²) in [5.41, 5.74) is 3.72. The predicted octanol–water partition coefficient (Wildman–Crippen LogP) is 3.68. The number of ether oxygens (including phenoxy) is 1. The standard InChI is InChI=1S/C14H18O/c1-12(9-13(2)11-15-3)10-14-7-5-4-6-8-14/h4-10H,11H2,1-3H3/b12-10+,13-9+. The smallest absolute Gasteiger partial charge is 0.0673 e. The van der Waals surface area contributed by atoms with E-state index in [0.29, 0.717) is 6.61 Å². The lowest BCUT2D eigenvalue weighted by atomic mass is 10.1. The van der Waals surface area contributed by atoms with Crippen molar-refractivity contribution in [2.24, 2.45) is 0 Å². The third-order valence-electron chi connectivity index (χ3n) is 2.04. The minimum absolute atomic E-state index is 0.694. The van der Waals surface area contributed by atoms with Gasteiger partial charge in [-0.05, 0) is 25.0 Å². The Morgan fingerprint density at radius 2 is 1.87 bits per heavy atom. The lowest BCUT2D eigenvalue weighted by molar-refractivity contribution is 0.226. The van der Waals surface area contributed by atoms with Gasteiger partial charge < -0.3 is 4.74 Å². The fraction of sp³-hybridized carbons (Fsp3) is 0.286. The van der Waals surface area contributed by atoms with Crippen molar-refractivity contribution in [2.75, 3.05) is 13.7 Å². The molecule has 0 aromatic heterocycles. The molecule has 0 N–H and O–H groups in total. The summed E-state index contributed by atoms with van der Waals surface area (Å²) < 4.78 is 5.06. The Kier molecular flexibility index (Phi) is 4.85. The van der Waals surface area contributed by atoms with Crippen molar-refractivity contribution in [3.8, 4) is 0 Å². The molecule has 0 radical (unpaired) electrons. The van der Waals surface area contributed by atoms with Crippen molar-refractivity contribution < 1.29 is 4.74 Å². The van der Waals surface area contributed by atoms with Crippen LogP contribution in [0.1, 0.15) is 19.4 Å². The van der Waals surface area contributed by atoms with Crippen molar-refractivity contribution in [3.05, 3.63) is 53.1 Å². The molecular formula is C14H18O. The summed E-state index contributed by atoms with van der Waals surface area (Å²) in [4.78, 5) is 0. The topological polar surface area (TPSA) is 9.23 Å². The van der Waals surface area contributed by atoms with Crippen LogP contribution < -0.4 is 0 Å². The van der Waals surface area contributed by atoms with Gasteiger partial charge in [-0.2, -0.15) is 0 Å². The van der Waals surface area contributed by atoms with Gasteiger partial charge in [0.2, 0.25) is 0 Å². The molecule has 0 aliphatic heterocycles. The van der Waals surface area contributed by atoms with Crippen molar-refractivity contribution >= 4 is 6.08 Å². The minimum atomic E-state index is 0.694. The van der Waals surface area contributed by atoms with Crippen LogP contribution >= 0.6 is 0 Å². The summed E-state index contributed by atoms with van der Waals surface area (Å²) in [7, 11) is 1.72. The number of methoxy groups -OCH3 is 1. The summed E-state index contributed by atoms with van der Waals surface area (Å²) in [6.45, 7) is 4.87. The van der Waals surface area contributed by atoms with Crippen LogP contribution in [0.2, 0.25) is 0 Å². The van der Waals surface area contributed by atoms with Gasteiger partial charge in [0.15, 0.2) is 0 Å². The summed E-state index contributed by atoms with van der Waals surface area (Å²) in [5.74, 6) is 0. The van der Waals surface area contributed by atoms with E-state index < -0.39 is 0 Å². The Labute approximate surface area is 92.1 Å². The highest BCUT2D eigenvalue weighted by molar-refractivity contribution is 5.55. The lowest BCUT2D eigenvalue weighted by Gasteiger charge is -2.00. The van der Waals surface area contributed by atoms with E-state index in [0.717, 1.165) is 0 Å². The number of hydrogen-bond donors (Lipinski definition) is 0. The maximum Gasteiger partial charge on any atom is 0.0673 e. The molecular weight excluding hydrogens is 184 g/mol. The predicted molar refractivity (Wildman–Crippen MR) is 65.7 cm³/mol. The molecule has 0 saturated carbocycles. The third-order valence-corrected chi connectivity index (χ3v) is 2.04. The van der Waals surface area contributed by atoms with E-state index >= 15 is 0 Å². The molecule has 0 heterocycles. The molecule has 1 heteroatoms. The highest BCUT2D eigenvalue weighted by Gasteiger charge is 1.90. The molecule has 1 aromatic rings. The number of allylic oxidation sites excluding steroid dienone is 2. The third kappa shape index (κ3) is 4.61. The first-order valence-electron chi connectivity index (χ1n) is 5.12. The van der Waals surface area contributed by atoms with Gasteiger partial charge in [-0.15, -0.1) is 0 Å². The van der Waals surface area contributed by atoms with E-state index in [-0.39, 0.29) is 0 Å². The van der Waals surface area contributed by atoms with Gasteiger partial charge in [0.1, 0.15) is 0 Å². The van der Waals surface area contributed by atoms with Crippen molar-refractivity contribution in [1.82, 2.24) is 0 Å². The quantitative estimate of drug-likeness (QED) is 0.677. The molecule has 1 rings (SSSR count). The molecule has 1 nitrogen and oxygen atoms in total.